The molecule has 0 bridgehead atoms. The molecule has 8 unspecified atom stereocenters. The Morgan fingerprint density at radius 2 is 1.91 bits per heavy atom. The zero-order valence-corrected chi connectivity index (χ0v) is 21.0. The monoisotopic (exact) mass is 498 g/mol. The molecule has 9 heteroatoms. The highest BCUT2D eigenvalue weighted by atomic mass is 16.6. The molecule has 0 amide bonds. The number of ether oxygens (including phenoxy) is 3. The fourth-order valence-electron chi connectivity index (χ4n) is 4.38. The molecule has 9 nitrogen and oxygen atoms in total. The molecule has 0 aromatic carbocycles. The van der Waals surface area contributed by atoms with Gasteiger partial charge in [0.2, 0.25) is 0 Å². The van der Waals surface area contributed by atoms with Gasteiger partial charge in [-0.3, -0.25) is 4.79 Å². The van der Waals surface area contributed by atoms with E-state index in [9.17, 15) is 24.9 Å². The summed E-state index contributed by atoms with van der Waals surface area (Å²) in [6.45, 7) is 5.89. The van der Waals surface area contributed by atoms with E-state index in [1.54, 1.807) is 19.9 Å². The molecule has 2 aliphatic rings. The van der Waals surface area contributed by atoms with Crippen LogP contribution < -0.4 is 0 Å². The maximum atomic E-state index is 12.1. The average Bonchev–Trinajstić information content (AvgIpc) is 3.58. The lowest BCUT2D eigenvalue weighted by Gasteiger charge is -2.38. The fraction of sp³-hybridized carbons (Fsp3) is 0.769. The molecule has 0 aromatic rings. The summed E-state index contributed by atoms with van der Waals surface area (Å²) in [5, 5.41) is 39.7. The van der Waals surface area contributed by atoms with E-state index in [4.69, 9.17) is 19.3 Å². The Bertz CT molecular complexity index is 732. The Morgan fingerprint density at radius 3 is 2.57 bits per heavy atom. The summed E-state index contributed by atoms with van der Waals surface area (Å²) in [7, 11) is 0. The summed E-state index contributed by atoms with van der Waals surface area (Å²) in [6, 6.07) is 0. The minimum absolute atomic E-state index is 0.0101. The van der Waals surface area contributed by atoms with Crippen LogP contribution in [-0.4, -0.2) is 89.1 Å². The second-order valence-corrected chi connectivity index (χ2v) is 9.82. The van der Waals surface area contributed by atoms with Crippen molar-refractivity contribution in [2.45, 2.75) is 95.9 Å². The van der Waals surface area contributed by atoms with Crippen molar-refractivity contribution in [1.29, 1.82) is 0 Å². The van der Waals surface area contributed by atoms with Crippen molar-refractivity contribution in [1.82, 2.24) is 0 Å². The number of allylic oxidation sites excluding steroid dienone is 1. The van der Waals surface area contributed by atoms with Gasteiger partial charge in [0.05, 0.1) is 43.7 Å². The largest absolute Gasteiger partial charge is 0.463 e. The van der Waals surface area contributed by atoms with E-state index in [1.807, 2.05) is 6.92 Å². The summed E-state index contributed by atoms with van der Waals surface area (Å²) in [4.78, 5) is 22.9. The molecule has 0 spiro atoms. The van der Waals surface area contributed by atoms with Crippen molar-refractivity contribution in [3.05, 3.63) is 23.3 Å². The highest BCUT2D eigenvalue weighted by molar-refractivity contribution is 5.82. The van der Waals surface area contributed by atoms with Gasteiger partial charge in [0.25, 0.3) is 0 Å². The van der Waals surface area contributed by atoms with Gasteiger partial charge in [0.1, 0.15) is 12.4 Å². The Morgan fingerprint density at radius 1 is 1.17 bits per heavy atom. The van der Waals surface area contributed by atoms with Crippen molar-refractivity contribution in [3.8, 4) is 0 Å². The first-order valence-corrected chi connectivity index (χ1v) is 12.6. The molecule has 2 heterocycles. The van der Waals surface area contributed by atoms with Gasteiger partial charge in [-0.2, -0.15) is 0 Å². The Labute approximate surface area is 207 Å². The second-order valence-electron chi connectivity index (χ2n) is 9.82. The van der Waals surface area contributed by atoms with Gasteiger partial charge in [-0.05, 0) is 57.9 Å². The number of carbonyl (C=O) groups is 2. The third-order valence-electron chi connectivity index (χ3n) is 6.86. The first kappa shape index (κ1) is 29.6. The first-order valence-electron chi connectivity index (χ1n) is 12.6. The van der Waals surface area contributed by atoms with Gasteiger partial charge < -0.3 is 34.6 Å². The fourth-order valence-corrected chi connectivity index (χ4v) is 4.38. The number of esters is 1. The minimum Gasteiger partial charge on any atom is -0.463 e. The smallest absolute Gasteiger partial charge is 0.330 e. The van der Waals surface area contributed by atoms with E-state index >= 15 is 0 Å². The number of hydrogen-bond acceptors (Lipinski definition) is 9. The van der Waals surface area contributed by atoms with E-state index in [1.165, 1.54) is 6.08 Å². The molecule has 4 N–H and O–H groups in total. The van der Waals surface area contributed by atoms with Gasteiger partial charge in [-0.25, -0.2) is 4.79 Å². The van der Waals surface area contributed by atoms with Crippen molar-refractivity contribution in [2.24, 2.45) is 11.8 Å². The molecule has 0 aromatic heterocycles. The van der Waals surface area contributed by atoms with Crippen LogP contribution in [0.15, 0.2) is 23.3 Å². The van der Waals surface area contributed by atoms with E-state index in [-0.39, 0.29) is 43.9 Å². The van der Waals surface area contributed by atoms with Gasteiger partial charge >= 0.3 is 5.97 Å². The van der Waals surface area contributed by atoms with Crippen LogP contribution in [0.4, 0.5) is 0 Å². The van der Waals surface area contributed by atoms with Crippen molar-refractivity contribution in [2.75, 3.05) is 19.8 Å². The van der Waals surface area contributed by atoms with Crippen LogP contribution in [0.1, 0.15) is 59.3 Å². The highest BCUT2D eigenvalue weighted by Gasteiger charge is 2.48. The van der Waals surface area contributed by atoms with Crippen LogP contribution in [-0.2, 0) is 23.8 Å². The molecule has 2 aliphatic heterocycles. The number of aliphatic hydroxyl groups is 4. The summed E-state index contributed by atoms with van der Waals surface area (Å²) in [5.41, 5.74) is 1.26. The molecule has 0 aliphatic carbocycles. The molecule has 8 atom stereocenters. The molecular formula is C26H42O9. The Balaban J connectivity index is 1.68. The second kappa shape index (κ2) is 14.8. The van der Waals surface area contributed by atoms with E-state index in [2.05, 4.69) is 0 Å². The lowest BCUT2D eigenvalue weighted by molar-refractivity contribution is -0.165. The summed E-state index contributed by atoms with van der Waals surface area (Å²) >= 11 is 0. The number of unbranched alkanes of at least 4 members (excludes halogenated alkanes) is 2. The van der Waals surface area contributed by atoms with Gasteiger partial charge in [-0.1, -0.05) is 18.6 Å². The zero-order chi connectivity index (χ0) is 26.0. The number of aldehydes is 1. The quantitative estimate of drug-likeness (QED) is 0.0866. The van der Waals surface area contributed by atoms with Crippen LogP contribution in [0.25, 0.3) is 0 Å². The zero-order valence-electron chi connectivity index (χ0n) is 21.0. The molecule has 2 saturated heterocycles. The first-order chi connectivity index (χ1) is 16.7. The van der Waals surface area contributed by atoms with Crippen molar-refractivity contribution < 1.29 is 44.2 Å². The standard InChI is InChI=1S/C26H42O9/c1-16(12-23(30)33-10-6-4-5-7-19(14-28)8-9-27)11-21-25(32)24(31)20(15-34-21)13-22-26(35-22)17(2)18(3)29/h7,12,14,17-18,20-22,24-27,29,31-32H,4-6,8-11,13,15H2,1-3H3/b16-12+,19-7-. The third kappa shape index (κ3) is 9.74. The third-order valence-corrected chi connectivity index (χ3v) is 6.86. The minimum atomic E-state index is -1.07. The predicted octanol–water partition coefficient (Wildman–Crippen LogP) is 1.46. The molecule has 35 heavy (non-hydrogen) atoms. The number of epoxide rings is 1. The topological polar surface area (TPSA) is 146 Å². The average molecular weight is 499 g/mol. The van der Waals surface area contributed by atoms with E-state index < -0.39 is 30.4 Å². The van der Waals surface area contributed by atoms with Gasteiger partial charge in [-0.15, -0.1) is 0 Å². The van der Waals surface area contributed by atoms with Gasteiger partial charge in [0.15, 0.2) is 0 Å². The van der Waals surface area contributed by atoms with E-state index in [0.29, 0.717) is 43.3 Å². The van der Waals surface area contributed by atoms with Crippen LogP contribution >= 0.6 is 0 Å². The summed E-state index contributed by atoms with van der Waals surface area (Å²) < 4.78 is 16.7. The SMILES string of the molecule is C/C(=C\C(=O)OCCCC/C=C(\C=O)CCO)CC1OCC(CC2OC2C(C)C(C)O)C(O)C1O. The molecule has 0 saturated carbocycles. The number of rotatable bonds is 15. The lowest BCUT2D eigenvalue weighted by Crippen LogP contribution is -2.50. The van der Waals surface area contributed by atoms with Gasteiger partial charge in [0, 0.05) is 24.5 Å². The van der Waals surface area contributed by atoms with Crippen molar-refractivity contribution in [3.63, 3.8) is 0 Å². The lowest BCUT2D eigenvalue weighted by atomic mass is 9.85. The van der Waals surface area contributed by atoms with Crippen LogP contribution in [0.5, 0.6) is 0 Å². The maximum Gasteiger partial charge on any atom is 0.330 e. The normalized spacial score (nSPS) is 31.1. The van der Waals surface area contributed by atoms with Crippen molar-refractivity contribution >= 4 is 12.3 Å². The molecule has 0 radical (unpaired) electrons. The number of carbonyl (C=O) groups excluding carboxylic acids is 2. The molecular weight excluding hydrogens is 456 g/mol. The molecule has 200 valence electrons. The maximum absolute atomic E-state index is 12.1. The number of aliphatic hydroxyl groups excluding tert-OH is 4. The molecule has 2 rings (SSSR count). The predicted molar refractivity (Wildman–Crippen MR) is 128 cm³/mol. The van der Waals surface area contributed by atoms with E-state index in [0.717, 1.165) is 12.7 Å². The Kier molecular flexibility index (Phi) is 12.5. The number of hydrogen-bond donors (Lipinski definition) is 4. The summed E-state index contributed by atoms with van der Waals surface area (Å²) in [5.74, 6) is -0.719. The van der Waals surface area contributed by atoms with Crippen LogP contribution in [0.2, 0.25) is 0 Å². The highest BCUT2D eigenvalue weighted by Crippen LogP contribution is 2.38. The van der Waals surface area contributed by atoms with Crippen LogP contribution in [0.3, 0.4) is 0 Å². The van der Waals surface area contributed by atoms with Crippen LogP contribution in [0, 0.1) is 11.8 Å². The molecule has 2 fully saturated rings. The Hall–Kier alpha value is -1.62. The summed E-state index contributed by atoms with van der Waals surface area (Å²) in [6.07, 6.45) is 3.99.